The summed E-state index contributed by atoms with van der Waals surface area (Å²) in [6.07, 6.45) is 7.17. The number of aliphatic imine (C=N–C) groups is 2. The molecule has 0 aliphatic rings. The van der Waals surface area contributed by atoms with E-state index in [0.717, 1.165) is 43.9 Å². The van der Waals surface area contributed by atoms with Crippen molar-refractivity contribution in [1.82, 2.24) is 0 Å². The van der Waals surface area contributed by atoms with Crippen LogP contribution in [0, 0.1) is 0 Å². The largest absolute Gasteiger partial charge is 0.297 e. The van der Waals surface area contributed by atoms with Crippen LogP contribution in [0.15, 0.2) is 9.98 Å². The molecule has 0 aromatic rings. The van der Waals surface area contributed by atoms with Crippen LogP contribution in [0.1, 0.15) is 19.3 Å². The molecular weight excluding hydrogens is 200 g/mol. The fourth-order valence-corrected chi connectivity index (χ4v) is 1.01. The van der Waals surface area contributed by atoms with E-state index in [1.165, 1.54) is 0 Å². The van der Waals surface area contributed by atoms with Crippen LogP contribution in [0.4, 0.5) is 0 Å². The van der Waals surface area contributed by atoms with E-state index in [2.05, 4.69) is 35.2 Å². The first-order chi connectivity index (χ1) is 6.41. The molecule has 4 heteroatoms. The molecule has 0 saturated carbocycles. The van der Waals surface area contributed by atoms with Crippen LogP contribution in [-0.4, -0.2) is 37.0 Å². The quantitative estimate of drug-likeness (QED) is 0.354. The smallest absolute Gasteiger partial charge is 0.0473 e. The van der Waals surface area contributed by atoms with Gasteiger partial charge >= 0.3 is 0 Å². The molecular formula is C9H18N2S2. The van der Waals surface area contributed by atoms with Crippen molar-refractivity contribution in [2.45, 2.75) is 19.3 Å². The van der Waals surface area contributed by atoms with Crippen molar-refractivity contribution < 1.29 is 0 Å². The Bertz CT molecular complexity index is 131. The maximum Gasteiger partial charge on any atom is 0.0473 e. The summed E-state index contributed by atoms with van der Waals surface area (Å²) in [5.41, 5.74) is 0. The zero-order valence-corrected chi connectivity index (χ0v) is 9.68. The average molecular weight is 218 g/mol. The van der Waals surface area contributed by atoms with Crippen LogP contribution in [-0.2, 0) is 0 Å². The molecule has 0 bridgehead atoms. The van der Waals surface area contributed by atoms with Crippen molar-refractivity contribution >= 4 is 37.7 Å². The summed E-state index contributed by atoms with van der Waals surface area (Å²) in [6, 6.07) is 0. The van der Waals surface area contributed by atoms with Gasteiger partial charge in [-0.15, -0.1) is 0 Å². The Hall–Kier alpha value is 0.0400. The van der Waals surface area contributed by atoms with Crippen LogP contribution in [0.3, 0.4) is 0 Å². The number of nitrogens with zero attached hydrogens (tertiary/aromatic N) is 2. The molecule has 0 saturated heterocycles. The van der Waals surface area contributed by atoms with Gasteiger partial charge in [0.05, 0.1) is 0 Å². The van der Waals surface area contributed by atoms with E-state index < -0.39 is 0 Å². The predicted molar refractivity (Wildman–Crippen MR) is 68.3 cm³/mol. The molecule has 0 aromatic carbocycles. The summed E-state index contributed by atoms with van der Waals surface area (Å²) in [6.45, 7) is 1.66. The van der Waals surface area contributed by atoms with E-state index in [9.17, 15) is 0 Å². The highest BCUT2D eigenvalue weighted by molar-refractivity contribution is 7.80. The second-order valence-corrected chi connectivity index (χ2v) is 3.45. The summed E-state index contributed by atoms with van der Waals surface area (Å²) in [7, 11) is 0. The molecule has 0 N–H and O–H groups in total. The minimum Gasteiger partial charge on any atom is -0.297 e. The zero-order chi connectivity index (χ0) is 9.78. The van der Waals surface area contributed by atoms with E-state index in [0.29, 0.717) is 0 Å². The fraction of sp³-hybridized carbons (Fsp3) is 0.778. The molecule has 2 nitrogen and oxygen atoms in total. The Morgan fingerprint density at radius 1 is 0.846 bits per heavy atom. The van der Waals surface area contributed by atoms with Crippen molar-refractivity contribution in [3.8, 4) is 0 Å². The summed E-state index contributed by atoms with van der Waals surface area (Å²) < 4.78 is 0. The number of rotatable bonds is 8. The van der Waals surface area contributed by atoms with Crippen LogP contribution in [0.5, 0.6) is 0 Å². The summed E-state index contributed by atoms with van der Waals surface area (Å²) in [5.74, 6) is 1.67. The maximum absolute atomic E-state index is 4.17. The summed E-state index contributed by atoms with van der Waals surface area (Å²) in [4.78, 5) is 8.33. The molecule has 0 rings (SSSR count). The molecule has 0 fully saturated rings. The second kappa shape index (κ2) is 12.0. The Morgan fingerprint density at radius 3 is 1.69 bits per heavy atom. The molecule has 0 amide bonds. The number of unbranched alkanes of at least 4 members (excludes halogenated alkanes) is 2. The minimum atomic E-state index is 0.830. The molecule has 0 atom stereocenters. The van der Waals surface area contributed by atoms with Gasteiger partial charge in [-0.1, -0.05) is 0 Å². The van der Waals surface area contributed by atoms with Crippen LogP contribution in [0.25, 0.3) is 0 Å². The van der Waals surface area contributed by atoms with Crippen LogP contribution < -0.4 is 0 Å². The number of hydrogen-bond acceptors (Lipinski definition) is 4. The van der Waals surface area contributed by atoms with E-state index in [1.807, 2.05) is 12.4 Å². The second-order valence-electron chi connectivity index (χ2n) is 2.56. The highest BCUT2D eigenvalue weighted by atomic mass is 32.1. The van der Waals surface area contributed by atoms with Gasteiger partial charge in [0.25, 0.3) is 0 Å². The lowest BCUT2D eigenvalue weighted by atomic mass is 10.2. The Balaban J connectivity index is 3.07. The van der Waals surface area contributed by atoms with Gasteiger partial charge in [0, 0.05) is 24.6 Å². The highest BCUT2D eigenvalue weighted by Gasteiger charge is 1.81. The molecule has 0 aliphatic carbocycles. The normalized spacial score (nSPS) is 11.8. The molecule has 13 heavy (non-hydrogen) atoms. The van der Waals surface area contributed by atoms with E-state index >= 15 is 0 Å². The van der Waals surface area contributed by atoms with Gasteiger partial charge in [0.1, 0.15) is 0 Å². The van der Waals surface area contributed by atoms with Crippen molar-refractivity contribution in [2.75, 3.05) is 24.6 Å². The van der Waals surface area contributed by atoms with Gasteiger partial charge in [0.2, 0.25) is 0 Å². The van der Waals surface area contributed by atoms with Gasteiger partial charge in [-0.25, -0.2) is 0 Å². The fourth-order valence-electron chi connectivity index (χ4n) is 0.781. The molecule has 0 heterocycles. The van der Waals surface area contributed by atoms with E-state index in [-0.39, 0.29) is 0 Å². The lowest BCUT2D eigenvalue weighted by molar-refractivity contribution is 0.932. The van der Waals surface area contributed by atoms with E-state index in [4.69, 9.17) is 0 Å². The average Bonchev–Trinajstić information content (AvgIpc) is 2.16. The van der Waals surface area contributed by atoms with Gasteiger partial charge < -0.3 is 0 Å². The SMILES string of the molecule is SCCN=CCCCC=NCCS. The highest BCUT2D eigenvalue weighted by Crippen LogP contribution is 1.90. The standard InChI is InChI=1S/C9H18N2S2/c12-8-6-10-4-2-1-3-5-11-7-9-13/h4-5,12-13H,1-3,6-9H2. The third-order valence-corrected chi connectivity index (χ3v) is 1.78. The molecule has 0 aliphatic heterocycles. The third kappa shape index (κ3) is 12.0. The summed E-state index contributed by atoms with van der Waals surface area (Å²) in [5, 5.41) is 0. The van der Waals surface area contributed by atoms with Crippen molar-refractivity contribution in [3.05, 3.63) is 0 Å². The Labute approximate surface area is 91.8 Å². The molecule has 0 radical (unpaired) electrons. The van der Waals surface area contributed by atoms with Crippen LogP contribution >= 0.6 is 25.3 Å². The Kier molecular flexibility index (Phi) is 12.1. The topological polar surface area (TPSA) is 24.7 Å². The van der Waals surface area contributed by atoms with Crippen molar-refractivity contribution in [3.63, 3.8) is 0 Å². The lowest BCUT2D eigenvalue weighted by Gasteiger charge is -1.90. The van der Waals surface area contributed by atoms with Crippen molar-refractivity contribution in [1.29, 1.82) is 0 Å². The lowest BCUT2D eigenvalue weighted by Crippen LogP contribution is -1.85. The number of thiol groups is 2. The molecule has 76 valence electrons. The minimum absolute atomic E-state index is 0.830. The van der Waals surface area contributed by atoms with Gasteiger partial charge in [-0.05, 0) is 31.7 Å². The summed E-state index contributed by atoms with van der Waals surface area (Å²) >= 11 is 8.12. The zero-order valence-electron chi connectivity index (χ0n) is 7.89. The molecule has 0 spiro atoms. The first kappa shape index (κ1) is 13.0. The first-order valence-electron chi connectivity index (χ1n) is 4.60. The molecule has 0 aromatic heterocycles. The van der Waals surface area contributed by atoms with Crippen molar-refractivity contribution in [2.24, 2.45) is 9.98 Å². The third-order valence-electron chi connectivity index (χ3n) is 1.38. The molecule has 0 unspecified atom stereocenters. The number of hydrogen-bond donors (Lipinski definition) is 2. The monoisotopic (exact) mass is 218 g/mol. The maximum atomic E-state index is 4.17. The van der Waals surface area contributed by atoms with E-state index in [1.54, 1.807) is 0 Å². The first-order valence-corrected chi connectivity index (χ1v) is 5.86. The Morgan fingerprint density at radius 2 is 1.31 bits per heavy atom. The van der Waals surface area contributed by atoms with Crippen LogP contribution in [0.2, 0.25) is 0 Å². The predicted octanol–water partition coefficient (Wildman–Crippen LogP) is 2.16. The van der Waals surface area contributed by atoms with Gasteiger partial charge in [0.15, 0.2) is 0 Å². The van der Waals surface area contributed by atoms with Gasteiger partial charge in [-0.2, -0.15) is 25.3 Å². The van der Waals surface area contributed by atoms with Gasteiger partial charge in [-0.3, -0.25) is 9.98 Å².